The minimum Gasteiger partial charge on any atom is -0.497 e. The Labute approximate surface area is 155 Å². The lowest BCUT2D eigenvalue weighted by Crippen LogP contribution is -2.22. The molecule has 0 fully saturated rings. The molecule has 134 valence electrons. The lowest BCUT2D eigenvalue weighted by molar-refractivity contribution is -0.115. The molecule has 0 saturated heterocycles. The van der Waals surface area contributed by atoms with Crippen molar-refractivity contribution < 1.29 is 13.9 Å². The van der Waals surface area contributed by atoms with E-state index in [1.165, 1.54) is 17.8 Å². The molecule has 0 radical (unpaired) electrons. The Balaban J connectivity index is 1.64. The summed E-state index contributed by atoms with van der Waals surface area (Å²) < 4.78 is 19.0. The lowest BCUT2D eigenvalue weighted by atomic mass is 10.1. The highest BCUT2D eigenvalue weighted by Crippen LogP contribution is 2.26. The molecule has 1 N–H and O–H groups in total. The molecule has 0 bridgehead atoms. The SMILES string of the molecule is COc1ccc(NC(=O)C(C)SCc2ccc(F)c3cccnc23)cc1. The molecule has 1 amide bonds. The van der Waals surface area contributed by atoms with Crippen molar-refractivity contribution in [2.45, 2.75) is 17.9 Å². The van der Waals surface area contributed by atoms with Crippen molar-refractivity contribution in [2.24, 2.45) is 0 Å². The zero-order valence-corrected chi connectivity index (χ0v) is 15.3. The summed E-state index contributed by atoms with van der Waals surface area (Å²) in [6.07, 6.45) is 1.65. The van der Waals surface area contributed by atoms with Gasteiger partial charge in [-0.15, -0.1) is 11.8 Å². The predicted octanol–water partition coefficient (Wildman–Crippen LogP) is 4.64. The summed E-state index contributed by atoms with van der Waals surface area (Å²) in [6.45, 7) is 1.85. The van der Waals surface area contributed by atoms with Crippen molar-refractivity contribution in [2.75, 3.05) is 12.4 Å². The van der Waals surface area contributed by atoms with Gasteiger partial charge in [0.1, 0.15) is 11.6 Å². The average Bonchev–Trinajstić information content (AvgIpc) is 2.68. The number of amides is 1. The first-order valence-corrected chi connectivity index (χ1v) is 9.22. The van der Waals surface area contributed by atoms with Crippen LogP contribution >= 0.6 is 11.8 Å². The van der Waals surface area contributed by atoms with E-state index in [0.29, 0.717) is 16.7 Å². The minimum atomic E-state index is -0.285. The van der Waals surface area contributed by atoms with Gasteiger partial charge in [-0.2, -0.15) is 0 Å². The Morgan fingerprint density at radius 2 is 2.00 bits per heavy atom. The minimum absolute atomic E-state index is 0.0838. The fourth-order valence-electron chi connectivity index (χ4n) is 2.52. The largest absolute Gasteiger partial charge is 0.497 e. The van der Waals surface area contributed by atoms with E-state index >= 15 is 0 Å². The molecule has 0 spiro atoms. The number of nitrogens with zero attached hydrogens (tertiary/aromatic N) is 1. The number of hydrogen-bond donors (Lipinski definition) is 1. The van der Waals surface area contributed by atoms with Gasteiger partial charge in [0.15, 0.2) is 0 Å². The Morgan fingerprint density at radius 1 is 1.23 bits per heavy atom. The van der Waals surface area contributed by atoms with Crippen LogP contribution in [0.3, 0.4) is 0 Å². The van der Waals surface area contributed by atoms with Crippen LogP contribution in [0.5, 0.6) is 5.75 Å². The first-order valence-electron chi connectivity index (χ1n) is 8.17. The molecule has 1 atom stereocenters. The number of pyridine rings is 1. The van der Waals surface area contributed by atoms with Crippen LogP contribution < -0.4 is 10.1 Å². The van der Waals surface area contributed by atoms with Crippen molar-refractivity contribution in [1.82, 2.24) is 4.98 Å². The summed E-state index contributed by atoms with van der Waals surface area (Å²) >= 11 is 1.49. The zero-order valence-electron chi connectivity index (χ0n) is 14.5. The fraction of sp³-hybridized carbons (Fsp3) is 0.200. The summed E-state index contributed by atoms with van der Waals surface area (Å²) in [5.41, 5.74) is 2.27. The third-order valence-corrected chi connectivity index (χ3v) is 5.21. The Bertz CT molecular complexity index is 915. The van der Waals surface area contributed by atoms with Crippen LogP contribution in [0.25, 0.3) is 10.9 Å². The summed E-state index contributed by atoms with van der Waals surface area (Å²) in [5, 5.41) is 3.12. The monoisotopic (exact) mass is 370 g/mol. The summed E-state index contributed by atoms with van der Waals surface area (Å²) in [5.74, 6) is 0.943. The second-order valence-electron chi connectivity index (χ2n) is 5.78. The number of carbonyl (C=O) groups is 1. The van der Waals surface area contributed by atoms with Crippen LogP contribution in [0.2, 0.25) is 0 Å². The smallest absolute Gasteiger partial charge is 0.237 e. The molecule has 1 heterocycles. The van der Waals surface area contributed by atoms with Gasteiger partial charge in [-0.05, 0) is 55.0 Å². The standard InChI is InChI=1S/C20H19FN2O2S/c1-13(20(24)23-15-6-8-16(25-2)9-7-15)26-12-14-5-10-18(21)17-4-3-11-22-19(14)17/h3-11,13H,12H2,1-2H3,(H,23,24). The van der Waals surface area contributed by atoms with E-state index in [0.717, 1.165) is 17.0 Å². The van der Waals surface area contributed by atoms with Gasteiger partial charge in [-0.1, -0.05) is 6.07 Å². The second-order valence-corrected chi connectivity index (χ2v) is 7.11. The highest BCUT2D eigenvalue weighted by molar-refractivity contribution is 7.99. The van der Waals surface area contributed by atoms with Crippen molar-refractivity contribution >= 4 is 34.3 Å². The van der Waals surface area contributed by atoms with Gasteiger partial charge in [-0.25, -0.2) is 4.39 Å². The van der Waals surface area contributed by atoms with E-state index in [1.807, 2.05) is 6.92 Å². The maximum atomic E-state index is 13.9. The Hall–Kier alpha value is -2.60. The number of carbonyl (C=O) groups excluding carboxylic acids is 1. The maximum Gasteiger partial charge on any atom is 0.237 e. The number of fused-ring (bicyclic) bond motifs is 1. The molecule has 6 heteroatoms. The summed E-state index contributed by atoms with van der Waals surface area (Å²) in [4.78, 5) is 16.7. The van der Waals surface area contributed by atoms with E-state index in [-0.39, 0.29) is 17.0 Å². The van der Waals surface area contributed by atoms with Crippen LogP contribution in [0, 0.1) is 5.82 Å². The van der Waals surface area contributed by atoms with Gasteiger partial charge in [0, 0.05) is 23.0 Å². The molecule has 0 aliphatic heterocycles. The summed E-state index contributed by atoms with van der Waals surface area (Å²) in [6, 6.07) is 13.8. The number of halogens is 1. The van der Waals surface area contributed by atoms with Gasteiger partial charge in [0.25, 0.3) is 0 Å². The Morgan fingerprint density at radius 3 is 2.73 bits per heavy atom. The van der Waals surface area contributed by atoms with Crippen molar-refractivity contribution in [3.8, 4) is 5.75 Å². The van der Waals surface area contributed by atoms with Crippen LogP contribution in [-0.2, 0) is 10.5 Å². The van der Waals surface area contributed by atoms with Crippen molar-refractivity contribution in [1.29, 1.82) is 0 Å². The molecule has 3 aromatic rings. The third-order valence-electron chi connectivity index (χ3n) is 4.02. The van der Waals surface area contributed by atoms with Crippen LogP contribution in [0.1, 0.15) is 12.5 Å². The van der Waals surface area contributed by atoms with Crippen LogP contribution in [0.15, 0.2) is 54.7 Å². The fourth-order valence-corrected chi connectivity index (χ4v) is 3.39. The van der Waals surface area contributed by atoms with Gasteiger partial charge < -0.3 is 10.1 Å². The van der Waals surface area contributed by atoms with E-state index in [9.17, 15) is 9.18 Å². The number of ether oxygens (including phenoxy) is 1. The lowest BCUT2D eigenvalue weighted by Gasteiger charge is -2.13. The first-order chi connectivity index (χ1) is 12.6. The average molecular weight is 370 g/mol. The predicted molar refractivity (Wildman–Crippen MR) is 104 cm³/mol. The third kappa shape index (κ3) is 4.14. The molecule has 1 aromatic heterocycles. The molecule has 0 aliphatic carbocycles. The van der Waals surface area contributed by atoms with Crippen molar-refractivity contribution in [3.63, 3.8) is 0 Å². The molecule has 26 heavy (non-hydrogen) atoms. The number of thioether (sulfide) groups is 1. The quantitative estimate of drug-likeness (QED) is 0.687. The summed E-state index contributed by atoms with van der Waals surface area (Å²) in [7, 11) is 1.60. The van der Waals surface area contributed by atoms with E-state index < -0.39 is 0 Å². The number of rotatable bonds is 6. The van der Waals surface area contributed by atoms with E-state index in [2.05, 4.69) is 10.3 Å². The first kappa shape index (κ1) is 18.2. The van der Waals surface area contributed by atoms with Crippen LogP contribution in [-0.4, -0.2) is 23.3 Å². The molecule has 1 unspecified atom stereocenters. The highest BCUT2D eigenvalue weighted by Gasteiger charge is 2.15. The number of nitrogens with one attached hydrogen (secondary N) is 1. The normalized spacial score (nSPS) is 12.0. The number of aromatic nitrogens is 1. The van der Waals surface area contributed by atoms with Gasteiger partial charge >= 0.3 is 0 Å². The van der Waals surface area contributed by atoms with E-state index in [4.69, 9.17) is 4.74 Å². The number of methoxy groups -OCH3 is 1. The maximum absolute atomic E-state index is 13.9. The van der Waals surface area contributed by atoms with Gasteiger partial charge in [0.05, 0.1) is 17.9 Å². The molecule has 2 aromatic carbocycles. The molecule has 4 nitrogen and oxygen atoms in total. The van der Waals surface area contributed by atoms with E-state index in [1.54, 1.807) is 55.8 Å². The molecule has 0 aliphatic rings. The van der Waals surface area contributed by atoms with Gasteiger partial charge in [0.2, 0.25) is 5.91 Å². The zero-order chi connectivity index (χ0) is 18.5. The number of hydrogen-bond acceptors (Lipinski definition) is 4. The molecular formula is C20H19FN2O2S. The number of anilines is 1. The van der Waals surface area contributed by atoms with Crippen LogP contribution in [0.4, 0.5) is 10.1 Å². The highest BCUT2D eigenvalue weighted by atomic mass is 32.2. The topological polar surface area (TPSA) is 51.2 Å². The molecular weight excluding hydrogens is 351 g/mol. The number of benzene rings is 2. The van der Waals surface area contributed by atoms with Gasteiger partial charge in [-0.3, -0.25) is 9.78 Å². The van der Waals surface area contributed by atoms with Crippen molar-refractivity contribution in [3.05, 3.63) is 66.1 Å². The Kier molecular flexibility index (Phi) is 5.73. The second kappa shape index (κ2) is 8.19. The molecule has 3 rings (SSSR count). The molecule has 0 saturated carbocycles.